The number of methoxy groups -OCH3 is 1. The normalized spacial score (nSPS) is 13.9. The van der Waals surface area contributed by atoms with Crippen molar-refractivity contribution < 1.29 is 9.53 Å². The van der Waals surface area contributed by atoms with E-state index in [1.165, 1.54) is 29.9 Å². The van der Waals surface area contributed by atoms with Gasteiger partial charge in [-0.25, -0.2) is 9.97 Å². The lowest BCUT2D eigenvalue weighted by molar-refractivity contribution is 0.103. The number of thiophene rings is 1. The molecule has 0 bridgehead atoms. The van der Waals surface area contributed by atoms with Crippen molar-refractivity contribution in [3.63, 3.8) is 0 Å². The molecule has 0 unspecified atom stereocenters. The number of aromatic nitrogens is 2. The number of carbonyl (C=O) groups excluding carboxylic acids is 1. The van der Waals surface area contributed by atoms with Crippen LogP contribution < -0.4 is 4.74 Å². The van der Waals surface area contributed by atoms with Gasteiger partial charge in [0.2, 0.25) is 11.7 Å². The summed E-state index contributed by atoms with van der Waals surface area (Å²) >= 11 is 3.48. The molecule has 0 atom stereocenters. The molecule has 0 radical (unpaired) electrons. The van der Waals surface area contributed by atoms with E-state index < -0.39 is 0 Å². The topological polar surface area (TPSA) is 52.1 Å². The highest BCUT2D eigenvalue weighted by molar-refractivity contribution is 7.98. The van der Waals surface area contributed by atoms with E-state index in [2.05, 4.69) is 9.97 Å². The third-order valence-electron chi connectivity index (χ3n) is 2.92. The van der Waals surface area contributed by atoms with Gasteiger partial charge in [0.15, 0.2) is 5.69 Å². The summed E-state index contributed by atoms with van der Waals surface area (Å²) in [6.45, 7) is 0. The predicted molar refractivity (Wildman–Crippen MR) is 76.2 cm³/mol. The lowest BCUT2D eigenvalue weighted by Crippen LogP contribution is -2.06. The van der Waals surface area contributed by atoms with Crippen molar-refractivity contribution in [1.82, 2.24) is 9.97 Å². The summed E-state index contributed by atoms with van der Waals surface area (Å²) in [6, 6.07) is 1.99. The van der Waals surface area contributed by atoms with Crippen LogP contribution in [-0.4, -0.2) is 28.6 Å². The molecule has 1 aliphatic heterocycles. The van der Waals surface area contributed by atoms with Crippen LogP contribution >= 0.6 is 23.1 Å². The molecule has 2 aromatic rings. The number of fused-ring (bicyclic) bond motifs is 1. The van der Waals surface area contributed by atoms with Crippen LogP contribution in [0.3, 0.4) is 0 Å². The van der Waals surface area contributed by atoms with Crippen LogP contribution in [0.2, 0.25) is 0 Å². The third-order valence-corrected chi connectivity index (χ3v) is 5.17. The summed E-state index contributed by atoms with van der Waals surface area (Å²) in [5.41, 5.74) is 1.57. The molecule has 3 rings (SSSR count). The van der Waals surface area contributed by atoms with E-state index in [9.17, 15) is 4.79 Å². The number of aryl methyl sites for hydroxylation is 1. The van der Waals surface area contributed by atoms with E-state index >= 15 is 0 Å². The van der Waals surface area contributed by atoms with Crippen molar-refractivity contribution >= 4 is 28.9 Å². The van der Waals surface area contributed by atoms with Gasteiger partial charge in [0.1, 0.15) is 0 Å². The molecule has 0 saturated carbocycles. The molecule has 0 fully saturated rings. The molecule has 2 aromatic heterocycles. The Morgan fingerprint density at radius 2 is 2.21 bits per heavy atom. The van der Waals surface area contributed by atoms with Gasteiger partial charge in [-0.05, 0) is 23.8 Å². The number of carbonyl (C=O) groups is 1. The van der Waals surface area contributed by atoms with Gasteiger partial charge < -0.3 is 4.74 Å². The fourth-order valence-electron chi connectivity index (χ4n) is 2.01. The Morgan fingerprint density at radius 3 is 3.00 bits per heavy atom. The number of thioether (sulfide) groups is 1. The highest BCUT2D eigenvalue weighted by Crippen LogP contribution is 2.33. The maximum absolute atomic E-state index is 12.5. The highest BCUT2D eigenvalue weighted by Gasteiger charge is 2.22. The zero-order valence-corrected chi connectivity index (χ0v) is 12.0. The van der Waals surface area contributed by atoms with Crippen LogP contribution in [0.15, 0.2) is 18.5 Å². The number of hydrogen-bond donors (Lipinski definition) is 0. The largest absolute Gasteiger partial charge is 0.479 e. The van der Waals surface area contributed by atoms with Crippen LogP contribution in [0.1, 0.15) is 25.8 Å². The van der Waals surface area contributed by atoms with Crippen molar-refractivity contribution in [3.8, 4) is 5.88 Å². The first-order valence-electron chi connectivity index (χ1n) is 5.88. The zero-order chi connectivity index (χ0) is 13.2. The summed E-state index contributed by atoms with van der Waals surface area (Å²) in [7, 11) is 1.50. The van der Waals surface area contributed by atoms with Gasteiger partial charge in [-0.15, -0.1) is 11.3 Å². The van der Waals surface area contributed by atoms with Gasteiger partial charge in [0, 0.05) is 23.0 Å². The number of ether oxygens (including phenoxy) is 1. The fourth-order valence-corrected chi connectivity index (χ4v) is 4.32. The molecule has 0 aliphatic carbocycles. The van der Waals surface area contributed by atoms with Crippen LogP contribution in [0.25, 0.3) is 0 Å². The number of hydrogen-bond acceptors (Lipinski definition) is 6. The molecule has 0 aromatic carbocycles. The summed E-state index contributed by atoms with van der Waals surface area (Å²) < 4.78 is 5.10. The lowest BCUT2D eigenvalue weighted by Gasteiger charge is -2.08. The van der Waals surface area contributed by atoms with Gasteiger partial charge in [-0.1, -0.05) is 0 Å². The molecule has 6 heteroatoms. The Kier molecular flexibility index (Phi) is 3.52. The van der Waals surface area contributed by atoms with E-state index in [1.807, 2.05) is 17.8 Å². The molecule has 0 N–H and O–H groups in total. The molecular weight excluding hydrogens is 280 g/mol. The first kappa shape index (κ1) is 12.6. The Balaban J connectivity index is 1.97. The number of rotatable bonds is 3. The second kappa shape index (κ2) is 5.30. The Hall–Kier alpha value is -1.40. The number of nitrogens with zero attached hydrogens (tertiary/aromatic N) is 2. The smallest absolute Gasteiger partial charge is 0.243 e. The fraction of sp³-hybridized carbons (Fsp3) is 0.308. The molecule has 0 saturated heterocycles. The third kappa shape index (κ3) is 2.37. The average molecular weight is 292 g/mol. The van der Waals surface area contributed by atoms with E-state index in [0.29, 0.717) is 0 Å². The van der Waals surface area contributed by atoms with Crippen molar-refractivity contribution in [2.75, 3.05) is 12.9 Å². The van der Waals surface area contributed by atoms with E-state index in [0.717, 1.165) is 22.8 Å². The molecule has 0 amide bonds. The Morgan fingerprint density at radius 1 is 1.37 bits per heavy atom. The van der Waals surface area contributed by atoms with Crippen LogP contribution in [0.4, 0.5) is 0 Å². The van der Waals surface area contributed by atoms with E-state index in [1.54, 1.807) is 11.3 Å². The summed E-state index contributed by atoms with van der Waals surface area (Å²) in [5, 5.41) is 0. The second-order valence-electron chi connectivity index (χ2n) is 4.10. The minimum Gasteiger partial charge on any atom is -0.479 e. The van der Waals surface area contributed by atoms with Crippen LogP contribution in [-0.2, 0) is 12.2 Å². The molecule has 19 heavy (non-hydrogen) atoms. The molecule has 1 aliphatic rings. The van der Waals surface area contributed by atoms with Gasteiger partial charge in [-0.2, -0.15) is 11.8 Å². The quantitative estimate of drug-likeness (QED) is 0.814. The van der Waals surface area contributed by atoms with E-state index in [4.69, 9.17) is 4.74 Å². The first-order chi connectivity index (χ1) is 9.29. The van der Waals surface area contributed by atoms with Crippen LogP contribution in [0, 0.1) is 0 Å². The zero-order valence-electron chi connectivity index (χ0n) is 10.4. The molecule has 3 heterocycles. The number of ketones is 1. The Bertz CT molecular complexity index is 601. The minimum atomic E-state index is -0.102. The van der Waals surface area contributed by atoms with Crippen molar-refractivity contribution in [1.29, 1.82) is 0 Å². The first-order valence-corrected chi connectivity index (χ1v) is 7.85. The maximum atomic E-state index is 12.5. The van der Waals surface area contributed by atoms with Crippen molar-refractivity contribution in [2.24, 2.45) is 0 Å². The standard InChI is InChI=1S/C13H12N2O2S2/c1-17-13-11(14-3-4-15-13)12(16)10-6-8-7-18-5-2-9(8)19-10/h3-4,6H,2,5,7H2,1H3. The van der Waals surface area contributed by atoms with Gasteiger partial charge >= 0.3 is 0 Å². The van der Waals surface area contributed by atoms with Crippen molar-refractivity contribution in [2.45, 2.75) is 12.2 Å². The molecule has 0 spiro atoms. The van der Waals surface area contributed by atoms with Crippen LogP contribution in [0.5, 0.6) is 5.88 Å². The highest BCUT2D eigenvalue weighted by atomic mass is 32.2. The molecule has 4 nitrogen and oxygen atoms in total. The van der Waals surface area contributed by atoms with Gasteiger partial charge in [0.05, 0.1) is 12.0 Å². The van der Waals surface area contributed by atoms with Gasteiger partial charge in [0.25, 0.3) is 0 Å². The molecule has 98 valence electrons. The Labute approximate surface area is 119 Å². The molecular formula is C13H12N2O2S2. The second-order valence-corrected chi connectivity index (χ2v) is 6.35. The van der Waals surface area contributed by atoms with E-state index in [-0.39, 0.29) is 17.4 Å². The average Bonchev–Trinajstić information content (AvgIpc) is 2.90. The lowest BCUT2D eigenvalue weighted by atomic mass is 10.2. The SMILES string of the molecule is COc1nccnc1C(=O)c1cc2c(s1)CCSC2. The van der Waals surface area contributed by atoms with Crippen molar-refractivity contribution in [3.05, 3.63) is 39.5 Å². The maximum Gasteiger partial charge on any atom is 0.243 e. The summed E-state index contributed by atoms with van der Waals surface area (Å²) in [5.74, 6) is 2.31. The monoisotopic (exact) mass is 292 g/mol. The predicted octanol–water partition coefficient (Wildman–Crippen LogP) is 2.57. The minimum absolute atomic E-state index is 0.102. The summed E-state index contributed by atoms with van der Waals surface area (Å²) in [6.07, 6.45) is 4.08. The summed E-state index contributed by atoms with van der Waals surface area (Å²) in [4.78, 5) is 22.6. The van der Waals surface area contributed by atoms with Gasteiger partial charge in [-0.3, -0.25) is 4.79 Å².